The maximum absolute atomic E-state index is 12.4. The van der Waals surface area contributed by atoms with E-state index in [-0.39, 0.29) is 24.2 Å². The first-order valence-corrected chi connectivity index (χ1v) is 9.26. The number of hydrogen-bond donors (Lipinski definition) is 6. The second kappa shape index (κ2) is 8.36. The van der Waals surface area contributed by atoms with Gasteiger partial charge in [0.2, 0.25) is 0 Å². The molecule has 7 N–H and O–H groups in total. The van der Waals surface area contributed by atoms with Crippen LogP contribution in [0.3, 0.4) is 0 Å². The number of fused-ring (bicyclic) bond motifs is 1. The number of aliphatic imine (C=N–C) groups is 1. The second-order valence-corrected chi connectivity index (χ2v) is 6.96. The van der Waals surface area contributed by atoms with Gasteiger partial charge in [-0.3, -0.25) is 9.89 Å². The predicted molar refractivity (Wildman–Crippen MR) is 111 cm³/mol. The molecular weight excluding hydrogens is 362 g/mol. The molecule has 1 aromatic rings. The maximum atomic E-state index is 12.4. The van der Waals surface area contributed by atoms with Gasteiger partial charge >= 0.3 is 6.03 Å². The van der Waals surface area contributed by atoms with Crippen LogP contribution in [0.1, 0.15) is 24.9 Å². The molecule has 2 heterocycles. The van der Waals surface area contributed by atoms with E-state index in [4.69, 9.17) is 11.5 Å². The van der Waals surface area contributed by atoms with E-state index < -0.39 is 0 Å². The monoisotopic (exact) mass is 387 g/mol. The first-order chi connectivity index (χ1) is 12.9. The molecule has 2 unspecified atom stereocenters. The van der Waals surface area contributed by atoms with Gasteiger partial charge in [0.1, 0.15) is 6.17 Å². The summed E-state index contributed by atoms with van der Waals surface area (Å²) in [6, 6.07) is 7.94. The van der Waals surface area contributed by atoms with Gasteiger partial charge in [-0.25, -0.2) is 4.79 Å². The lowest BCUT2D eigenvalue weighted by Gasteiger charge is -2.29. The summed E-state index contributed by atoms with van der Waals surface area (Å²) in [5.41, 5.74) is 13.5. The quantitative estimate of drug-likeness (QED) is 0.181. The van der Waals surface area contributed by atoms with Crippen molar-refractivity contribution >= 4 is 30.3 Å². The molecule has 2 amide bonds. The fraction of sp³-hybridized carbons (Fsp3) is 0.333. The molecule has 144 valence electrons. The Kier molecular flexibility index (Phi) is 5.92. The summed E-state index contributed by atoms with van der Waals surface area (Å²) >= 11 is 4.29. The van der Waals surface area contributed by atoms with E-state index in [2.05, 4.69) is 40.5 Å². The summed E-state index contributed by atoms with van der Waals surface area (Å²) in [5, 5.41) is 10.2. The van der Waals surface area contributed by atoms with Crippen molar-refractivity contribution in [2.24, 2.45) is 16.5 Å². The van der Waals surface area contributed by atoms with Crippen molar-refractivity contribution in [2.75, 3.05) is 18.0 Å². The minimum Gasteiger partial charge on any atom is -0.370 e. The van der Waals surface area contributed by atoms with Crippen LogP contribution in [0.15, 0.2) is 52.1 Å². The predicted octanol–water partition coefficient (Wildman–Crippen LogP) is 1.11. The Morgan fingerprint density at radius 1 is 1.33 bits per heavy atom. The highest BCUT2D eigenvalue weighted by molar-refractivity contribution is 7.84. The number of thiol groups is 1. The number of nitrogens with one attached hydrogen (secondary N) is 3. The van der Waals surface area contributed by atoms with Gasteiger partial charge in [0.25, 0.3) is 0 Å². The fourth-order valence-electron chi connectivity index (χ4n) is 2.99. The summed E-state index contributed by atoms with van der Waals surface area (Å²) in [7, 11) is 0. The molecule has 0 aromatic heterocycles. The van der Waals surface area contributed by atoms with Crippen LogP contribution in [-0.2, 0) is 0 Å². The number of amides is 2. The van der Waals surface area contributed by atoms with Crippen LogP contribution >= 0.6 is 12.6 Å². The number of rotatable bonds is 7. The molecule has 8 nitrogen and oxygen atoms in total. The Morgan fingerprint density at radius 2 is 2.07 bits per heavy atom. The van der Waals surface area contributed by atoms with Crippen molar-refractivity contribution in [1.29, 1.82) is 0 Å². The van der Waals surface area contributed by atoms with Crippen molar-refractivity contribution < 1.29 is 4.79 Å². The molecule has 0 bridgehead atoms. The van der Waals surface area contributed by atoms with Crippen molar-refractivity contribution in [3.05, 3.63) is 52.7 Å². The summed E-state index contributed by atoms with van der Waals surface area (Å²) in [5.74, 6) is 0.121. The Bertz CT molecular complexity index is 783. The molecule has 1 aromatic carbocycles. The van der Waals surface area contributed by atoms with Crippen LogP contribution in [-0.4, -0.2) is 31.2 Å². The van der Waals surface area contributed by atoms with Gasteiger partial charge in [-0.1, -0.05) is 12.1 Å². The normalized spacial score (nSPS) is 19.4. The van der Waals surface area contributed by atoms with Gasteiger partial charge in [-0.05, 0) is 43.7 Å². The molecule has 2 aliphatic rings. The van der Waals surface area contributed by atoms with Crippen LogP contribution in [0.5, 0.6) is 0 Å². The SMILES string of the molecule is CC(NCCCN=C(N)N)c1ccc(N2C=C3C=C(S)NC3NC2=O)cc1. The van der Waals surface area contributed by atoms with Gasteiger partial charge in [-0.2, -0.15) is 0 Å². The Morgan fingerprint density at radius 3 is 2.78 bits per heavy atom. The van der Waals surface area contributed by atoms with Gasteiger partial charge in [0.05, 0.1) is 10.7 Å². The van der Waals surface area contributed by atoms with Crippen molar-refractivity contribution in [1.82, 2.24) is 16.0 Å². The number of nitrogens with zero attached hydrogens (tertiary/aromatic N) is 2. The van der Waals surface area contributed by atoms with Crippen LogP contribution in [0.2, 0.25) is 0 Å². The minimum atomic E-state index is -0.205. The first kappa shape index (κ1) is 19.1. The molecule has 0 saturated carbocycles. The Hall–Kier alpha value is -2.65. The molecule has 2 aliphatic heterocycles. The van der Waals surface area contributed by atoms with E-state index in [1.807, 2.05) is 36.5 Å². The van der Waals surface area contributed by atoms with Gasteiger partial charge in [0, 0.05) is 24.4 Å². The number of hydrogen-bond acceptors (Lipinski definition) is 5. The van der Waals surface area contributed by atoms with Gasteiger partial charge in [0.15, 0.2) is 5.96 Å². The third kappa shape index (κ3) is 4.75. The van der Waals surface area contributed by atoms with E-state index in [0.29, 0.717) is 6.54 Å². The largest absolute Gasteiger partial charge is 0.370 e. The van der Waals surface area contributed by atoms with Crippen LogP contribution in [0.25, 0.3) is 0 Å². The zero-order valence-corrected chi connectivity index (χ0v) is 16.0. The molecule has 0 aliphatic carbocycles. The zero-order valence-electron chi connectivity index (χ0n) is 15.1. The number of guanidine groups is 1. The lowest BCUT2D eigenvalue weighted by molar-refractivity contribution is 0.244. The molecule has 9 heteroatoms. The average Bonchev–Trinajstić information content (AvgIpc) is 2.99. The molecule has 0 fully saturated rings. The second-order valence-electron chi connectivity index (χ2n) is 6.48. The molecule has 0 saturated heterocycles. The van der Waals surface area contributed by atoms with E-state index in [0.717, 1.165) is 34.8 Å². The third-order valence-corrected chi connectivity index (χ3v) is 4.70. The number of carbonyl (C=O) groups is 1. The average molecular weight is 388 g/mol. The molecule has 2 atom stereocenters. The topological polar surface area (TPSA) is 121 Å². The number of carbonyl (C=O) groups excluding carboxylic acids is 1. The lowest BCUT2D eigenvalue weighted by Crippen LogP contribution is -2.51. The fourth-order valence-corrected chi connectivity index (χ4v) is 3.26. The van der Waals surface area contributed by atoms with Crippen LogP contribution in [0.4, 0.5) is 10.5 Å². The number of anilines is 1. The Balaban J connectivity index is 1.60. The lowest BCUT2D eigenvalue weighted by atomic mass is 10.1. The summed E-state index contributed by atoms with van der Waals surface area (Å²) < 4.78 is 0. The van der Waals surface area contributed by atoms with E-state index in [1.54, 1.807) is 4.90 Å². The van der Waals surface area contributed by atoms with Crippen molar-refractivity contribution in [3.63, 3.8) is 0 Å². The summed E-state index contributed by atoms with van der Waals surface area (Å²) in [6.45, 7) is 3.52. The third-order valence-electron chi connectivity index (χ3n) is 4.44. The van der Waals surface area contributed by atoms with Crippen molar-refractivity contribution in [2.45, 2.75) is 25.6 Å². The molecule has 27 heavy (non-hydrogen) atoms. The van der Waals surface area contributed by atoms with E-state index >= 15 is 0 Å². The van der Waals surface area contributed by atoms with Gasteiger partial charge in [-0.15, -0.1) is 12.6 Å². The highest BCUT2D eigenvalue weighted by Crippen LogP contribution is 2.26. The maximum Gasteiger partial charge on any atom is 0.327 e. The van der Waals surface area contributed by atoms with E-state index in [9.17, 15) is 4.79 Å². The highest BCUT2D eigenvalue weighted by Gasteiger charge is 2.29. The van der Waals surface area contributed by atoms with Crippen LogP contribution < -0.4 is 32.3 Å². The van der Waals surface area contributed by atoms with E-state index in [1.165, 1.54) is 0 Å². The number of nitrogens with two attached hydrogens (primary N) is 2. The number of benzene rings is 1. The molecule has 0 radical (unpaired) electrons. The van der Waals surface area contributed by atoms with Gasteiger partial charge < -0.3 is 27.4 Å². The minimum absolute atomic E-state index is 0.121. The summed E-state index contributed by atoms with van der Waals surface area (Å²) in [4.78, 5) is 17.9. The standard InChI is InChI=1S/C18H25N7OS/c1-11(21-7-2-8-22-17(19)20)12-3-5-14(6-4-12)25-10-13-9-15(27)23-16(13)24-18(25)26/h3-6,9-11,16,21,23,27H,2,7-8H2,1H3,(H,24,26)(H4,19,20,22). The molecule has 0 spiro atoms. The highest BCUT2D eigenvalue weighted by atomic mass is 32.1. The number of urea groups is 1. The Labute approximate surface area is 164 Å². The van der Waals surface area contributed by atoms with Crippen LogP contribution in [0, 0.1) is 0 Å². The first-order valence-electron chi connectivity index (χ1n) is 8.81. The molecule has 3 rings (SSSR count). The summed E-state index contributed by atoms with van der Waals surface area (Å²) in [6.07, 6.45) is 4.39. The zero-order chi connectivity index (χ0) is 19.4. The smallest absolute Gasteiger partial charge is 0.327 e. The van der Waals surface area contributed by atoms with Crippen molar-refractivity contribution in [3.8, 4) is 0 Å². The molecular formula is C18H25N7OS.